The van der Waals surface area contributed by atoms with Crippen LogP contribution < -0.4 is 4.90 Å². The van der Waals surface area contributed by atoms with Gasteiger partial charge in [-0.1, -0.05) is 0 Å². The van der Waals surface area contributed by atoms with Crippen molar-refractivity contribution in [3.63, 3.8) is 0 Å². The van der Waals surface area contributed by atoms with Gasteiger partial charge in [-0.15, -0.1) is 10.2 Å². The third-order valence-electron chi connectivity index (χ3n) is 5.61. The number of nitriles is 1. The van der Waals surface area contributed by atoms with Crippen molar-refractivity contribution >= 4 is 11.5 Å². The van der Waals surface area contributed by atoms with Crippen molar-refractivity contribution in [2.24, 2.45) is 0 Å². The van der Waals surface area contributed by atoms with Gasteiger partial charge in [-0.3, -0.25) is 0 Å². The van der Waals surface area contributed by atoms with Crippen molar-refractivity contribution in [2.45, 2.75) is 38.7 Å². The fourth-order valence-corrected chi connectivity index (χ4v) is 4.10. The van der Waals surface area contributed by atoms with Crippen LogP contribution in [-0.2, 0) is 17.8 Å². The van der Waals surface area contributed by atoms with Crippen LogP contribution in [0.25, 0.3) is 5.65 Å². The second-order valence-electron chi connectivity index (χ2n) is 7.44. The summed E-state index contributed by atoms with van der Waals surface area (Å²) in [6.45, 7) is 4.89. The molecule has 8 heteroatoms. The summed E-state index contributed by atoms with van der Waals surface area (Å²) in [4.78, 5) is 7.06. The van der Waals surface area contributed by atoms with Crippen molar-refractivity contribution in [1.29, 1.82) is 5.26 Å². The van der Waals surface area contributed by atoms with Gasteiger partial charge in [-0.05, 0) is 38.0 Å². The molecule has 0 bridgehead atoms. The highest BCUT2D eigenvalue weighted by molar-refractivity contribution is 5.56. The van der Waals surface area contributed by atoms with Crippen LogP contribution in [0.1, 0.15) is 47.1 Å². The molecular weight excluding hydrogens is 354 g/mol. The number of nitrogens with zero attached hydrogens (tertiary/aromatic N) is 7. The maximum absolute atomic E-state index is 9.61. The Bertz CT molecular complexity index is 1080. The van der Waals surface area contributed by atoms with Crippen LogP contribution in [0.3, 0.4) is 0 Å². The normalized spacial score (nSPS) is 17.5. The molecule has 0 unspecified atom stereocenters. The summed E-state index contributed by atoms with van der Waals surface area (Å²) in [5, 5.41) is 22.8. The second kappa shape index (κ2) is 6.84. The minimum atomic E-state index is 0.303. The fourth-order valence-electron chi connectivity index (χ4n) is 4.10. The molecule has 0 aromatic carbocycles. The van der Waals surface area contributed by atoms with E-state index in [1.165, 1.54) is 0 Å². The van der Waals surface area contributed by atoms with Crippen molar-refractivity contribution in [3.05, 3.63) is 46.5 Å². The molecule has 1 saturated heterocycles. The van der Waals surface area contributed by atoms with Gasteiger partial charge in [0.15, 0.2) is 11.5 Å². The van der Waals surface area contributed by atoms with Gasteiger partial charge in [-0.2, -0.15) is 14.9 Å². The van der Waals surface area contributed by atoms with Crippen LogP contribution in [0.2, 0.25) is 0 Å². The number of anilines is 1. The quantitative estimate of drug-likeness (QED) is 0.677. The summed E-state index contributed by atoms with van der Waals surface area (Å²) < 4.78 is 7.36. The lowest BCUT2D eigenvalue weighted by Gasteiger charge is -2.33. The van der Waals surface area contributed by atoms with E-state index >= 15 is 0 Å². The molecule has 3 aromatic heterocycles. The lowest BCUT2D eigenvalue weighted by Crippen LogP contribution is -2.35. The standard InChI is InChI=1S/C20H21N7O/c1-13-2-3-18-23-24-20(27(18)25-13)14-4-7-26(8-5-14)19-15(11-21)10-16-12-28-9-6-17(16)22-19/h2-3,10,14H,4-9,12H2,1H3. The van der Waals surface area contributed by atoms with E-state index in [0.717, 1.165) is 66.6 Å². The lowest BCUT2D eigenvalue weighted by atomic mass is 9.95. The Morgan fingerprint density at radius 2 is 2.07 bits per heavy atom. The highest BCUT2D eigenvalue weighted by Crippen LogP contribution is 2.31. The summed E-state index contributed by atoms with van der Waals surface area (Å²) in [5.41, 5.74) is 4.47. The summed E-state index contributed by atoms with van der Waals surface area (Å²) in [6.07, 6.45) is 2.67. The van der Waals surface area contributed by atoms with E-state index in [-0.39, 0.29) is 0 Å². The second-order valence-corrected chi connectivity index (χ2v) is 7.44. The minimum absolute atomic E-state index is 0.303. The summed E-state index contributed by atoms with van der Waals surface area (Å²) >= 11 is 0. The SMILES string of the molecule is Cc1ccc2nnc(C3CCN(c4nc5c(cc4C#N)COCC5)CC3)n2n1. The van der Waals surface area contributed by atoms with Gasteiger partial charge in [0.1, 0.15) is 11.9 Å². The van der Waals surface area contributed by atoms with E-state index in [9.17, 15) is 5.26 Å². The highest BCUT2D eigenvalue weighted by atomic mass is 16.5. The number of aromatic nitrogens is 5. The molecule has 0 N–H and O–H groups in total. The number of piperidine rings is 1. The third kappa shape index (κ3) is 2.88. The number of fused-ring (bicyclic) bond motifs is 2. The molecule has 5 heterocycles. The Morgan fingerprint density at radius 1 is 1.21 bits per heavy atom. The molecule has 3 aromatic rings. The van der Waals surface area contributed by atoms with E-state index in [1.54, 1.807) is 0 Å². The van der Waals surface area contributed by atoms with Crippen LogP contribution >= 0.6 is 0 Å². The van der Waals surface area contributed by atoms with Crippen molar-refractivity contribution in [1.82, 2.24) is 24.8 Å². The number of hydrogen-bond acceptors (Lipinski definition) is 7. The molecule has 8 nitrogen and oxygen atoms in total. The predicted molar refractivity (Wildman–Crippen MR) is 102 cm³/mol. The molecule has 1 fully saturated rings. The van der Waals surface area contributed by atoms with Crippen LogP contribution in [0.5, 0.6) is 0 Å². The molecule has 2 aliphatic heterocycles. The fraction of sp³-hybridized carbons (Fsp3) is 0.450. The maximum Gasteiger partial charge on any atom is 0.177 e. The molecule has 5 rings (SSSR count). The third-order valence-corrected chi connectivity index (χ3v) is 5.61. The zero-order valence-corrected chi connectivity index (χ0v) is 15.8. The first-order valence-electron chi connectivity index (χ1n) is 9.67. The Balaban J connectivity index is 1.39. The van der Waals surface area contributed by atoms with Gasteiger partial charge in [0.25, 0.3) is 0 Å². The van der Waals surface area contributed by atoms with Crippen molar-refractivity contribution < 1.29 is 4.74 Å². The van der Waals surface area contributed by atoms with Gasteiger partial charge < -0.3 is 9.64 Å². The number of pyridine rings is 1. The first-order chi connectivity index (χ1) is 13.7. The van der Waals surface area contributed by atoms with Crippen molar-refractivity contribution in [2.75, 3.05) is 24.6 Å². The Morgan fingerprint density at radius 3 is 2.89 bits per heavy atom. The van der Waals surface area contributed by atoms with E-state index in [0.29, 0.717) is 24.7 Å². The van der Waals surface area contributed by atoms with Crippen LogP contribution in [-0.4, -0.2) is 44.5 Å². The Labute approximate surface area is 162 Å². The monoisotopic (exact) mass is 375 g/mol. The first-order valence-corrected chi connectivity index (χ1v) is 9.67. The molecule has 0 spiro atoms. The van der Waals surface area contributed by atoms with E-state index in [2.05, 4.69) is 26.3 Å². The molecule has 28 heavy (non-hydrogen) atoms. The molecule has 0 radical (unpaired) electrons. The number of rotatable bonds is 2. The van der Waals surface area contributed by atoms with Crippen molar-refractivity contribution in [3.8, 4) is 6.07 Å². The van der Waals surface area contributed by atoms with E-state index < -0.39 is 0 Å². The zero-order chi connectivity index (χ0) is 19.1. The number of ether oxygens (including phenoxy) is 1. The van der Waals surface area contributed by atoms with E-state index in [1.807, 2.05) is 29.6 Å². The Kier molecular flexibility index (Phi) is 4.17. The average molecular weight is 375 g/mol. The lowest BCUT2D eigenvalue weighted by molar-refractivity contribution is 0.109. The smallest absolute Gasteiger partial charge is 0.177 e. The van der Waals surface area contributed by atoms with E-state index in [4.69, 9.17) is 9.72 Å². The molecule has 0 amide bonds. The zero-order valence-electron chi connectivity index (χ0n) is 15.8. The first kappa shape index (κ1) is 17.1. The molecule has 0 atom stereocenters. The molecule has 2 aliphatic rings. The summed E-state index contributed by atoms with van der Waals surface area (Å²) in [6, 6.07) is 8.17. The number of aryl methyl sites for hydroxylation is 1. The Hall–Kier alpha value is -3.05. The molecule has 0 saturated carbocycles. The topological polar surface area (TPSA) is 92.2 Å². The minimum Gasteiger partial charge on any atom is -0.376 e. The van der Waals surface area contributed by atoms with Gasteiger partial charge in [-0.25, -0.2) is 4.98 Å². The molecular formula is C20H21N7O. The summed E-state index contributed by atoms with van der Waals surface area (Å²) in [7, 11) is 0. The highest BCUT2D eigenvalue weighted by Gasteiger charge is 2.28. The average Bonchev–Trinajstić information content (AvgIpc) is 3.16. The van der Waals surface area contributed by atoms with Crippen LogP contribution in [0.15, 0.2) is 18.2 Å². The van der Waals surface area contributed by atoms with Gasteiger partial charge in [0.2, 0.25) is 0 Å². The predicted octanol–water partition coefficient (Wildman–Crippen LogP) is 2.16. The van der Waals surface area contributed by atoms with Gasteiger partial charge >= 0.3 is 0 Å². The molecule has 0 aliphatic carbocycles. The van der Waals surface area contributed by atoms with Crippen LogP contribution in [0, 0.1) is 18.3 Å². The van der Waals surface area contributed by atoms with Gasteiger partial charge in [0, 0.05) is 31.0 Å². The molecule has 142 valence electrons. The van der Waals surface area contributed by atoms with Crippen LogP contribution in [0.4, 0.5) is 5.82 Å². The largest absolute Gasteiger partial charge is 0.376 e. The number of hydrogen-bond donors (Lipinski definition) is 0. The maximum atomic E-state index is 9.61. The summed E-state index contributed by atoms with van der Waals surface area (Å²) in [5.74, 6) is 2.04. The van der Waals surface area contributed by atoms with Gasteiger partial charge in [0.05, 0.1) is 30.2 Å².